The van der Waals surface area contributed by atoms with E-state index in [-0.39, 0.29) is 12.3 Å². The van der Waals surface area contributed by atoms with E-state index in [4.69, 9.17) is 5.73 Å². The van der Waals surface area contributed by atoms with E-state index in [1.807, 2.05) is 0 Å². The Kier molecular flexibility index (Phi) is 16.2. The zero-order valence-corrected chi connectivity index (χ0v) is 10.5. The molecule has 0 saturated heterocycles. The molecule has 0 radical (unpaired) electrons. The van der Waals surface area contributed by atoms with Crippen LogP contribution in [0.1, 0.15) is 39.0 Å². The first-order chi connectivity index (χ1) is 7.66. The first kappa shape index (κ1) is 17.9. The maximum Gasteiger partial charge on any atom is 0.146 e. The van der Waals surface area contributed by atoms with Gasteiger partial charge in [-0.05, 0) is 33.4 Å². The summed E-state index contributed by atoms with van der Waals surface area (Å²) in [6, 6.07) is 0. The van der Waals surface area contributed by atoms with Gasteiger partial charge in [-0.2, -0.15) is 0 Å². The molecular formula is C11H26FN3O. The summed E-state index contributed by atoms with van der Waals surface area (Å²) in [6.45, 7) is 2.42. The van der Waals surface area contributed by atoms with Crippen LogP contribution >= 0.6 is 0 Å². The molecule has 0 amide bonds. The maximum absolute atomic E-state index is 12.8. The molecule has 5 heteroatoms. The minimum atomic E-state index is -0.129. The number of unbranched alkanes of at least 4 members (excludes halogenated alkanes) is 4. The molecule has 0 atom stereocenters. The topological polar surface area (TPSA) is 72.3 Å². The van der Waals surface area contributed by atoms with Crippen LogP contribution in [0.15, 0.2) is 0 Å². The molecule has 0 aromatic rings. The molecule has 4 N–H and O–H groups in total. The van der Waals surface area contributed by atoms with Gasteiger partial charge in [-0.15, -0.1) is 9.60 Å². The lowest BCUT2D eigenvalue weighted by atomic mass is 10.1. The van der Waals surface area contributed by atoms with E-state index >= 15 is 0 Å². The van der Waals surface area contributed by atoms with Gasteiger partial charge in [0.15, 0.2) is 0 Å². The predicted molar refractivity (Wildman–Crippen MR) is 65.6 cm³/mol. The zero-order valence-electron chi connectivity index (χ0n) is 10.5. The van der Waals surface area contributed by atoms with E-state index in [9.17, 15) is 9.28 Å². The fourth-order valence-corrected chi connectivity index (χ4v) is 1.28. The summed E-state index contributed by atoms with van der Waals surface area (Å²) >= 11 is 0. The van der Waals surface area contributed by atoms with Crippen LogP contribution in [0.5, 0.6) is 0 Å². The molecule has 4 nitrogen and oxygen atoms in total. The quantitative estimate of drug-likeness (QED) is 0.466. The fourth-order valence-electron chi connectivity index (χ4n) is 1.28. The van der Waals surface area contributed by atoms with Crippen molar-refractivity contribution in [3.05, 3.63) is 0 Å². The van der Waals surface area contributed by atoms with Crippen LogP contribution in [0.4, 0.5) is 4.48 Å². The van der Waals surface area contributed by atoms with Crippen molar-refractivity contribution >= 4 is 5.78 Å². The van der Waals surface area contributed by atoms with Gasteiger partial charge >= 0.3 is 0 Å². The molecule has 0 bridgehead atoms. The highest BCUT2D eigenvalue weighted by Crippen LogP contribution is 2.03. The van der Waals surface area contributed by atoms with E-state index in [2.05, 4.69) is 5.73 Å². The molecule has 0 aromatic carbocycles. The molecule has 0 aliphatic heterocycles. The van der Waals surface area contributed by atoms with Crippen molar-refractivity contribution in [3.63, 3.8) is 0 Å². The Bertz CT molecular complexity index is 156. The number of Topliss-reactive ketones (excluding diaryl/α,β-unsaturated/α-hetero) is 1. The summed E-state index contributed by atoms with van der Waals surface area (Å²) in [5.74, 6) is -0.129. The average Bonchev–Trinajstić information content (AvgIpc) is 2.25. The Morgan fingerprint density at radius 1 is 1.12 bits per heavy atom. The minimum absolute atomic E-state index is 0.0806. The van der Waals surface area contributed by atoms with Crippen molar-refractivity contribution < 1.29 is 9.28 Å². The molecule has 0 unspecified atom stereocenters. The molecule has 0 aliphatic carbocycles. The number of carbonyl (C=O) groups is 1. The third-order valence-electron chi connectivity index (χ3n) is 2.00. The number of hydrogen-bond donors (Lipinski definition) is 2. The van der Waals surface area contributed by atoms with E-state index in [1.165, 1.54) is 14.0 Å². The SMILES string of the molecule is CC(=O)CN(F)CCCCCCCN.CN. The smallest absolute Gasteiger partial charge is 0.146 e. The van der Waals surface area contributed by atoms with E-state index in [0.717, 1.165) is 38.6 Å². The Morgan fingerprint density at radius 2 is 1.62 bits per heavy atom. The van der Waals surface area contributed by atoms with Crippen molar-refractivity contribution in [1.82, 2.24) is 5.12 Å². The van der Waals surface area contributed by atoms with Gasteiger partial charge < -0.3 is 11.5 Å². The Labute approximate surface area is 98.1 Å². The average molecular weight is 235 g/mol. The van der Waals surface area contributed by atoms with Crippen LogP contribution in [0.2, 0.25) is 0 Å². The molecule has 0 aliphatic rings. The molecule has 0 saturated carbocycles. The van der Waals surface area contributed by atoms with E-state index in [1.54, 1.807) is 0 Å². The third kappa shape index (κ3) is 15.9. The number of hydrogen-bond acceptors (Lipinski definition) is 4. The largest absolute Gasteiger partial charge is 0.333 e. The number of halogens is 1. The summed E-state index contributed by atoms with van der Waals surface area (Å²) < 4.78 is 12.8. The standard InChI is InChI=1S/C10H21FN2O.CH5N/c1-10(14)9-13(11)8-6-4-2-3-5-7-12;1-2/h2-9,12H2,1H3;2H2,1H3. The van der Waals surface area contributed by atoms with E-state index in [0.29, 0.717) is 11.7 Å². The zero-order chi connectivity index (χ0) is 12.8. The second kappa shape index (κ2) is 14.5. The third-order valence-corrected chi connectivity index (χ3v) is 2.00. The van der Waals surface area contributed by atoms with Crippen LogP contribution in [0.25, 0.3) is 0 Å². The summed E-state index contributed by atoms with van der Waals surface area (Å²) in [5.41, 5.74) is 9.84. The first-order valence-electron chi connectivity index (χ1n) is 5.84. The lowest BCUT2D eigenvalue weighted by Crippen LogP contribution is -2.21. The van der Waals surface area contributed by atoms with Crippen molar-refractivity contribution in [1.29, 1.82) is 0 Å². The maximum atomic E-state index is 12.8. The Morgan fingerprint density at radius 3 is 2.12 bits per heavy atom. The number of rotatable bonds is 9. The first-order valence-corrected chi connectivity index (χ1v) is 5.84. The monoisotopic (exact) mass is 235 g/mol. The predicted octanol–water partition coefficient (Wildman–Crippen LogP) is 1.25. The normalized spacial score (nSPS) is 9.88. The van der Waals surface area contributed by atoms with Gasteiger partial charge in [-0.3, -0.25) is 4.79 Å². The fraction of sp³-hybridized carbons (Fsp3) is 0.909. The molecular weight excluding hydrogens is 209 g/mol. The van der Waals surface area contributed by atoms with Crippen LogP contribution in [-0.2, 0) is 4.79 Å². The van der Waals surface area contributed by atoms with Crippen LogP contribution < -0.4 is 11.5 Å². The number of ketones is 1. The van der Waals surface area contributed by atoms with Gasteiger partial charge in [-0.25, -0.2) is 0 Å². The van der Waals surface area contributed by atoms with Gasteiger partial charge in [0.25, 0.3) is 0 Å². The van der Waals surface area contributed by atoms with Gasteiger partial charge in [0.1, 0.15) is 5.78 Å². The lowest BCUT2D eigenvalue weighted by molar-refractivity contribution is -0.122. The van der Waals surface area contributed by atoms with Crippen LogP contribution in [-0.4, -0.2) is 37.6 Å². The summed E-state index contributed by atoms with van der Waals surface area (Å²) in [7, 11) is 1.50. The van der Waals surface area contributed by atoms with E-state index < -0.39 is 0 Å². The lowest BCUT2D eigenvalue weighted by Gasteiger charge is -2.08. The number of nitrogens with two attached hydrogens (primary N) is 2. The number of nitrogens with zero attached hydrogens (tertiary/aromatic N) is 1. The van der Waals surface area contributed by atoms with Gasteiger partial charge in [-0.1, -0.05) is 19.3 Å². The van der Waals surface area contributed by atoms with Crippen molar-refractivity contribution in [2.45, 2.75) is 39.0 Å². The van der Waals surface area contributed by atoms with Crippen molar-refractivity contribution in [2.75, 3.05) is 26.7 Å². The van der Waals surface area contributed by atoms with Crippen molar-refractivity contribution in [2.24, 2.45) is 11.5 Å². The highest BCUT2D eigenvalue weighted by atomic mass is 19.2. The summed E-state index contributed by atoms with van der Waals surface area (Å²) in [5, 5.41) is 0.589. The second-order valence-corrected chi connectivity index (χ2v) is 3.60. The van der Waals surface area contributed by atoms with Crippen LogP contribution in [0.3, 0.4) is 0 Å². The van der Waals surface area contributed by atoms with Crippen molar-refractivity contribution in [3.8, 4) is 0 Å². The molecule has 0 fully saturated rings. The minimum Gasteiger partial charge on any atom is -0.333 e. The number of carbonyl (C=O) groups excluding carboxylic acids is 1. The second-order valence-electron chi connectivity index (χ2n) is 3.60. The molecule has 0 spiro atoms. The molecule has 0 aromatic heterocycles. The molecule has 0 heterocycles. The molecule has 98 valence electrons. The molecule has 16 heavy (non-hydrogen) atoms. The van der Waals surface area contributed by atoms with Crippen LogP contribution in [0, 0.1) is 0 Å². The summed E-state index contributed by atoms with van der Waals surface area (Å²) in [4.78, 5) is 10.5. The highest BCUT2D eigenvalue weighted by Gasteiger charge is 2.04. The Hall–Kier alpha value is -0.520. The Balaban J connectivity index is 0. The molecule has 0 rings (SSSR count). The summed E-state index contributed by atoms with van der Waals surface area (Å²) in [6.07, 6.45) is 5.10. The van der Waals surface area contributed by atoms with Gasteiger partial charge in [0.2, 0.25) is 0 Å². The van der Waals surface area contributed by atoms with Gasteiger partial charge in [0, 0.05) is 6.54 Å². The van der Waals surface area contributed by atoms with Gasteiger partial charge in [0.05, 0.1) is 6.54 Å². The highest BCUT2D eigenvalue weighted by molar-refractivity contribution is 5.77.